The fourth-order valence-corrected chi connectivity index (χ4v) is 0.792. The Hall–Kier alpha value is -1.65. The summed E-state index contributed by atoms with van der Waals surface area (Å²) in [5.41, 5.74) is 6.23. The third-order valence-corrected chi connectivity index (χ3v) is 1.30. The SMILES string of the molecule is Nc1[nH]nc2cnncc12. The Morgan fingerprint density at radius 1 is 1.30 bits per heavy atom. The Balaban J connectivity index is 2.93. The molecule has 0 unspecified atom stereocenters. The topological polar surface area (TPSA) is 80.5 Å². The maximum absolute atomic E-state index is 5.49. The van der Waals surface area contributed by atoms with Gasteiger partial charge in [0.15, 0.2) is 0 Å². The molecule has 0 radical (unpaired) electrons. The van der Waals surface area contributed by atoms with E-state index in [1.807, 2.05) is 0 Å². The highest BCUT2D eigenvalue weighted by atomic mass is 15.2. The molecule has 0 aromatic carbocycles. The number of nitrogen functional groups attached to an aromatic ring is 1. The van der Waals surface area contributed by atoms with E-state index in [0.29, 0.717) is 5.82 Å². The summed E-state index contributed by atoms with van der Waals surface area (Å²) in [6.07, 6.45) is 3.14. The lowest BCUT2D eigenvalue weighted by molar-refractivity contribution is 1.04. The van der Waals surface area contributed by atoms with Gasteiger partial charge in [0.25, 0.3) is 0 Å². The molecule has 2 aromatic rings. The molecule has 2 heterocycles. The summed E-state index contributed by atoms with van der Waals surface area (Å²) in [7, 11) is 0. The van der Waals surface area contributed by atoms with Crippen LogP contribution in [0.5, 0.6) is 0 Å². The molecule has 0 saturated carbocycles. The van der Waals surface area contributed by atoms with Crippen LogP contribution in [0.3, 0.4) is 0 Å². The highest BCUT2D eigenvalue weighted by Gasteiger charge is 1.99. The van der Waals surface area contributed by atoms with E-state index in [2.05, 4.69) is 20.4 Å². The van der Waals surface area contributed by atoms with Crippen LogP contribution < -0.4 is 5.73 Å². The lowest BCUT2D eigenvalue weighted by Crippen LogP contribution is -1.84. The van der Waals surface area contributed by atoms with Crippen molar-refractivity contribution in [1.82, 2.24) is 20.4 Å². The number of hydrogen-bond acceptors (Lipinski definition) is 4. The normalized spacial score (nSPS) is 10.4. The van der Waals surface area contributed by atoms with E-state index in [9.17, 15) is 0 Å². The van der Waals surface area contributed by atoms with Gasteiger partial charge in [-0.1, -0.05) is 0 Å². The van der Waals surface area contributed by atoms with Crippen LogP contribution in [0.2, 0.25) is 0 Å². The summed E-state index contributed by atoms with van der Waals surface area (Å²) < 4.78 is 0. The number of hydrogen-bond donors (Lipinski definition) is 2. The van der Waals surface area contributed by atoms with Crippen molar-refractivity contribution in [3.05, 3.63) is 12.4 Å². The lowest BCUT2D eigenvalue weighted by atomic mass is 10.4. The zero-order valence-corrected chi connectivity index (χ0v) is 5.07. The van der Waals surface area contributed by atoms with Crippen LogP contribution in [0.15, 0.2) is 12.4 Å². The molecule has 5 heteroatoms. The summed E-state index contributed by atoms with van der Waals surface area (Å²) in [6, 6.07) is 0. The van der Waals surface area contributed by atoms with Gasteiger partial charge in [-0.25, -0.2) is 0 Å². The van der Waals surface area contributed by atoms with Crippen molar-refractivity contribution >= 4 is 16.7 Å². The van der Waals surface area contributed by atoms with Crippen LogP contribution in [-0.4, -0.2) is 20.4 Å². The molecule has 0 bridgehead atoms. The molecule has 0 atom stereocenters. The number of anilines is 1. The molecule has 5 nitrogen and oxygen atoms in total. The molecule has 0 aliphatic rings. The first kappa shape index (κ1) is 5.16. The van der Waals surface area contributed by atoms with E-state index in [0.717, 1.165) is 10.9 Å². The molecule has 50 valence electrons. The second-order valence-corrected chi connectivity index (χ2v) is 1.93. The van der Waals surface area contributed by atoms with Gasteiger partial charge in [-0.05, 0) is 0 Å². The first-order chi connectivity index (χ1) is 4.88. The Kier molecular flexibility index (Phi) is 0.858. The van der Waals surface area contributed by atoms with Crippen molar-refractivity contribution in [3.8, 4) is 0 Å². The monoisotopic (exact) mass is 135 g/mol. The molecular weight excluding hydrogens is 130 g/mol. The molecule has 10 heavy (non-hydrogen) atoms. The van der Waals surface area contributed by atoms with Gasteiger partial charge >= 0.3 is 0 Å². The van der Waals surface area contributed by atoms with Gasteiger partial charge < -0.3 is 5.73 Å². The highest BCUT2D eigenvalue weighted by Crippen LogP contribution is 2.12. The molecule has 2 rings (SSSR count). The van der Waals surface area contributed by atoms with Crippen LogP contribution in [0.25, 0.3) is 10.9 Å². The van der Waals surface area contributed by atoms with Gasteiger partial charge in [0, 0.05) is 0 Å². The molecule has 0 spiro atoms. The summed E-state index contributed by atoms with van der Waals surface area (Å²) in [5, 5.41) is 14.6. The largest absolute Gasteiger partial charge is 0.384 e. The van der Waals surface area contributed by atoms with E-state index < -0.39 is 0 Å². The molecular formula is C5H5N5. The highest BCUT2D eigenvalue weighted by molar-refractivity contribution is 5.86. The first-order valence-electron chi connectivity index (χ1n) is 2.78. The summed E-state index contributed by atoms with van der Waals surface area (Å²) in [4.78, 5) is 0. The first-order valence-corrected chi connectivity index (χ1v) is 2.78. The van der Waals surface area contributed by atoms with Crippen LogP contribution in [-0.2, 0) is 0 Å². The molecule has 0 aliphatic carbocycles. The Labute approximate surface area is 56.3 Å². The lowest BCUT2D eigenvalue weighted by Gasteiger charge is -1.83. The van der Waals surface area contributed by atoms with Gasteiger partial charge in [0.1, 0.15) is 11.3 Å². The standard InChI is InChI=1S/C5H5N5/c6-5-3-1-7-8-2-4(3)9-10-5/h1-2H,(H3,6,9,10). The molecule has 3 N–H and O–H groups in total. The predicted octanol–water partition coefficient (Wildman–Crippen LogP) is -0.0649. The summed E-state index contributed by atoms with van der Waals surface area (Å²) >= 11 is 0. The third-order valence-electron chi connectivity index (χ3n) is 1.30. The average Bonchev–Trinajstić information content (AvgIpc) is 2.34. The molecule has 0 fully saturated rings. The third kappa shape index (κ3) is 0.540. The van der Waals surface area contributed by atoms with Crippen LogP contribution in [0, 0.1) is 0 Å². The minimum Gasteiger partial charge on any atom is -0.384 e. The molecule has 0 saturated heterocycles. The van der Waals surface area contributed by atoms with Crippen LogP contribution in [0.4, 0.5) is 5.82 Å². The van der Waals surface area contributed by atoms with Gasteiger partial charge in [0.05, 0.1) is 17.8 Å². The van der Waals surface area contributed by atoms with E-state index >= 15 is 0 Å². The van der Waals surface area contributed by atoms with Crippen molar-refractivity contribution in [2.45, 2.75) is 0 Å². The maximum Gasteiger partial charge on any atom is 0.128 e. The van der Waals surface area contributed by atoms with Crippen LogP contribution >= 0.6 is 0 Å². The van der Waals surface area contributed by atoms with Crippen molar-refractivity contribution in [1.29, 1.82) is 0 Å². The number of nitrogens with two attached hydrogens (primary N) is 1. The van der Waals surface area contributed by atoms with E-state index in [1.54, 1.807) is 12.4 Å². The van der Waals surface area contributed by atoms with E-state index in [4.69, 9.17) is 5.73 Å². The number of fused-ring (bicyclic) bond motifs is 1. The van der Waals surface area contributed by atoms with Crippen molar-refractivity contribution in [2.24, 2.45) is 0 Å². The average molecular weight is 135 g/mol. The van der Waals surface area contributed by atoms with E-state index in [-0.39, 0.29) is 0 Å². The zero-order valence-electron chi connectivity index (χ0n) is 5.07. The number of nitrogens with one attached hydrogen (secondary N) is 1. The van der Waals surface area contributed by atoms with Crippen molar-refractivity contribution in [3.63, 3.8) is 0 Å². The van der Waals surface area contributed by atoms with Gasteiger partial charge in [-0.3, -0.25) is 5.10 Å². The van der Waals surface area contributed by atoms with Crippen molar-refractivity contribution < 1.29 is 0 Å². The molecule has 0 amide bonds. The number of rotatable bonds is 0. The van der Waals surface area contributed by atoms with Gasteiger partial charge in [-0.2, -0.15) is 15.3 Å². The minimum absolute atomic E-state index is 0.532. The van der Waals surface area contributed by atoms with Gasteiger partial charge in [0.2, 0.25) is 0 Å². The van der Waals surface area contributed by atoms with E-state index in [1.165, 1.54) is 0 Å². The Morgan fingerprint density at radius 3 is 2.90 bits per heavy atom. The van der Waals surface area contributed by atoms with Gasteiger partial charge in [-0.15, -0.1) is 0 Å². The number of H-pyrrole nitrogens is 1. The summed E-state index contributed by atoms with van der Waals surface area (Å²) in [6.45, 7) is 0. The number of aromatic nitrogens is 4. The Morgan fingerprint density at radius 2 is 2.10 bits per heavy atom. The number of aromatic amines is 1. The fourth-order valence-electron chi connectivity index (χ4n) is 0.792. The fraction of sp³-hybridized carbons (Fsp3) is 0. The molecule has 0 aliphatic heterocycles. The maximum atomic E-state index is 5.49. The zero-order chi connectivity index (χ0) is 6.97. The second-order valence-electron chi connectivity index (χ2n) is 1.93. The number of nitrogens with zero attached hydrogens (tertiary/aromatic N) is 3. The van der Waals surface area contributed by atoms with Crippen LogP contribution in [0.1, 0.15) is 0 Å². The Bertz CT molecular complexity index is 352. The van der Waals surface area contributed by atoms with Crippen molar-refractivity contribution in [2.75, 3.05) is 5.73 Å². The quantitative estimate of drug-likeness (QED) is 0.530. The minimum atomic E-state index is 0.532. The second kappa shape index (κ2) is 1.66. The summed E-state index contributed by atoms with van der Waals surface area (Å²) in [5.74, 6) is 0.532. The smallest absolute Gasteiger partial charge is 0.128 e. The predicted molar refractivity (Wildman–Crippen MR) is 36.1 cm³/mol. The molecule has 2 aromatic heterocycles.